The van der Waals surface area contributed by atoms with E-state index in [1.165, 1.54) is 34.9 Å². The Hall–Kier alpha value is -0.300. The van der Waals surface area contributed by atoms with E-state index >= 15 is 0 Å². The Morgan fingerprint density at radius 2 is 1.87 bits per heavy atom. The second-order valence-electron chi connectivity index (χ2n) is 5.37. The molecule has 1 aromatic rings. The number of rotatable bonds is 0. The topological polar surface area (TPSA) is 0 Å². The predicted molar refractivity (Wildman–Crippen MR) is 69.6 cm³/mol. The molecule has 0 radical (unpaired) electrons. The molecule has 0 saturated heterocycles. The van der Waals surface area contributed by atoms with Crippen LogP contribution in [0.25, 0.3) is 0 Å². The Labute approximate surface area is 101 Å². The van der Waals surface area contributed by atoms with Crippen molar-refractivity contribution in [3.8, 4) is 0 Å². The molecule has 1 aliphatic carbocycles. The van der Waals surface area contributed by atoms with Gasteiger partial charge in [-0.05, 0) is 66.8 Å². The Bertz CT molecular complexity index is 402. The molecule has 0 spiro atoms. The highest BCUT2D eigenvalue weighted by Crippen LogP contribution is 2.40. The van der Waals surface area contributed by atoms with Gasteiger partial charge in [0.05, 0.1) is 0 Å². The van der Waals surface area contributed by atoms with Gasteiger partial charge in [-0.3, -0.25) is 0 Å². The minimum atomic E-state index is 0.356. The normalized spacial score (nSPS) is 18.7. The van der Waals surface area contributed by atoms with Crippen LogP contribution in [-0.4, -0.2) is 0 Å². The molecule has 0 aromatic heterocycles. The van der Waals surface area contributed by atoms with Crippen LogP contribution < -0.4 is 0 Å². The number of benzene rings is 1. The lowest BCUT2D eigenvalue weighted by molar-refractivity contribution is 0.430. The van der Waals surface area contributed by atoms with Gasteiger partial charge < -0.3 is 0 Å². The van der Waals surface area contributed by atoms with Crippen molar-refractivity contribution in [3.63, 3.8) is 0 Å². The minimum Gasteiger partial charge on any atom is -0.0558 e. The molecule has 0 saturated carbocycles. The van der Waals surface area contributed by atoms with Crippen molar-refractivity contribution in [3.05, 3.63) is 32.8 Å². The third kappa shape index (κ3) is 1.75. The molecule has 0 N–H and O–H groups in total. The molecule has 1 aliphatic rings. The van der Waals surface area contributed by atoms with Crippen LogP contribution in [-0.2, 0) is 11.8 Å². The lowest BCUT2D eigenvalue weighted by atomic mass is 9.71. The Morgan fingerprint density at radius 1 is 1.20 bits per heavy atom. The van der Waals surface area contributed by atoms with Crippen LogP contribution in [0.15, 0.2) is 10.5 Å². The Kier molecular flexibility index (Phi) is 2.70. The Balaban J connectivity index is 2.69. The second kappa shape index (κ2) is 3.62. The van der Waals surface area contributed by atoms with Crippen molar-refractivity contribution in [2.75, 3.05) is 0 Å². The molecule has 2 rings (SSSR count). The van der Waals surface area contributed by atoms with Gasteiger partial charge in [0, 0.05) is 4.47 Å². The Morgan fingerprint density at radius 3 is 2.53 bits per heavy atom. The third-order valence-electron chi connectivity index (χ3n) is 3.93. The number of hydrogen-bond acceptors (Lipinski definition) is 0. The monoisotopic (exact) mass is 266 g/mol. The molecule has 1 aromatic carbocycles. The fourth-order valence-corrected chi connectivity index (χ4v) is 3.22. The summed E-state index contributed by atoms with van der Waals surface area (Å²) in [5.74, 6) is 0. The zero-order chi connectivity index (χ0) is 11.2. The van der Waals surface area contributed by atoms with Crippen LogP contribution in [0.2, 0.25) is 0 Å². The summed E-state index contributed by atoms with van der Waals surface area (Å²) in [5, 5.41) is 0. The van der Waals surface area contributed by atoms with Crippen LogP contribution in [0.5, 0.6) is 0 Å². The highest BCUT2D eigenvalue weighted by atomic mass is 79.9. The first-order valence-electron chi connectivity index (χ1n) is 5.72. The largest absolute Gasteiger partial charge is 0.0558 e. The summed E-state index contributed by atoms with van der Waals surface area (Å²) in [6, 6.07) is 2.34. The predicted octanol–water partition coefficient (Wildman–Crippen LogP) is 4.68. The van der Waals surface area contributed by atoms with Gasteiger partial charge in [0.2, 0.25) is 0 Å². The van der Waals surface area contributed by atoms with Crippen LogP contribution >= 0.6 is 15.9 Å². The fraction of sp³-hybridized carbons (Fsp3) is 0.571. The van der Waals surface area contributed by atoms with Gasteiger partial charge >= 0.3 is 0 Å². The van der Waals surface area contributed by atoms with Crippen molar-refractivity contribution in [2.45, 2.75) is 52.4 Å². The van der Waals surface area contributed by atoms with E-state index in [1.807, 2.05) is 0 Å². The van der Waals surface area contributed by atoms with Gasteiger partial charge in [0.15, 0.2) is 0 Å². The van der Waals surface area contributed by atoms with E-state index in [2.05, 4.69) is 49.7 Å². The molecule has 0 heterocycles. The van der Waals surface area contributed by atoms with Gasteiger partial charge in [-0.15, -0.1) is 0 Å². The van der Waals surface area contributed by atoms with Crippen LogP contribution in [0, 0.1) is 13.8 Å². The smallest absolute Gasteiger partial charge is 0.0210 e. The summed E-state index contributed by atoms with van der Waals surface area (Å²) in [7, 11) is 0. The lowest BCUT2D eigenvalue weighted by Gasteiger charge is -2.34. The van der Waals surface area contributed by atoms with E-state index in [9.17, 15) is 0 Å². The van der Waals surface area contributed by atoms with Crippen LogP contribution in [0.4, 0.5) is 0 Å². The molecule has 82 valence electrons. The van der Waals surface area contributed by atoms with Crippen LogP contribution in [0.1, 0.15) is 48.9 Å². The van der Waals surface area contributed by atoms with E-state index in [4.69, 9.17) is 0 Å². The van der Waals surface area contributed by atoms with E-state index in [1.54, 1.807) is 11.1 Å². The summed E-state index contributed by atoms with van der Waals surface area (Å²) in [6.07, 6.45) is 3.91. The molecule has 0 bridgehead atoms. The average Bonchev–Trinajstić information content (AvgIpc) is 2.16. The van der Waals surface area contributed by atoms with Gasteiger partial charge in [-0.2, -0.15) is 0 Å². The molecule has 0 unspecified atom stereocenters. The maximum absolute atomic E-state index is 3.68. The maximum Gasteiger partial charge on any atom is 0.0210 e. The first-order chi connectivity index (χ1) is 6.93. The van der Waals surface area contributed by atoms with Crippen LogP contribution in [0.3, 0.4) is 0 Å². The molecular formula is C14H19Br. The van der Waals surface area contributed by atoms with Crippen molar-refractivity contribution in [1.82, 2.24) is 0 Å². The molecule has 0 atom stereocenters. The lowest BCUT2D eigenvalue weighted by Crippen LogP contribution is -2.24. The summed E-state index contributed by atoms with van der Waals surface area (Å²) in [5.41, 5.74) is 6.42. The van der Waals surface area contributed by atoms with Crippen molar-refractivity contribution >= 4 is 15.9 Å². The van der Waals surface area contributed by atoms with Crippen molar-refractivity contribution in [2.24, 2.45) is 0 Å². The number of halogens is 1. The first-order valence-corrected chi connectivity index (χ1v) is 6.52. The quantitative estimate of drug-likeness (QED) is 0.640. The van der Waals surface area contributed by atoms with Gasteiger partial charge in [-0.25, -0.2) is 0 Å². The van der Waals surface area contributed by atoms with E-state index in [-0.39, 0.29) is 0 Å². The standard InChI is InChI=1S/C14H19Br/c1-9-10(2)13(15)8-12-11(9)6-5-7-14(12,3)4/h8H,5-7H2,1-4H3. The van der Waals surface area contributed by atoms with Gasteiger partial charge in [-0.1, -0.05) is 29.8 Å². The van der Waals surface area contributed by atoms with E-state index < -0.39 is 0 Å². The first kappa shape index (κ1) is 11.2. The number of fused-ring (bicyclic) bond motifs is 1. The highest BCUT2D eigenvalue weighted by molar-refractivity contribution is 9.10. The van der Waals surface area contributed by atoms with E-state index in [0.717, 1.165) is 0 Å². The number of hydrogen-bond donors (Lipinski definition) is 0. The van der Waals surface area contributed by atoms with Gasteiger partial charge in [0.25, 0.3) is 0 Å². The van der Waals surface area contributed by atoms with E-state index in [0.29, 0.717) is 5.41 Å². The summed E-state index contributed by atoms with van der Waals surface area (Å²) < 4.78 is 1.27. The zero-order valence-electron chi connectivity index (χ0n) is 10.1. The van der Waals surface area contributed by atoms with Crippen molar-refractivity contribution < 1.29 is 0 Å². The highest BCUT2D eigenvalue weighted by Gasteiger charge is 2.29. The maximum atomic E-state index is 3.68. The second-order valence-corrected chi connectivity index (χ2v) is 6.23. The SMILES string of the molecule is Cc1c(Br)cc2c(c1C)CCCC2(C)C. The molecule has 1 heteroatoms. The molecular weight excluding hydrogens is 248 g/mol. The molecule has 0 fully saturated rings. The van der Waals surface area contributed by atoms with Gasteiger partial charge in [0.1, 0.15) is 0 Å². The molecule has 0 amide bonds. The third-order valence-corrected chi connectivity index (χ3v) is 4.75. The molecule has 15 heavy (non-hydrogen) atoms. The minimum absolute atomic E-state index is 0.356. The molecule has 0 nitrogen and oxygen atoms in total. The zero-order valence-corrected chi connectivity index (χ0v) is 11.7. The summed E-state index contributed by atoms with van der Waals surface area (Å²) in [4.78, 5) is 0. The fourth-order valence-electron chi connectivity index (χ4n) is 2.70. The average molecular weight is 267 g/mol. The molecule has 0 aliphatic heterocycles. The summed E-state index contributed by atoms with van der Waals surface area (Å²) >= 11 is 3.68. The van der Waals surface area contributed by atoms with Crippen molar-refractivity contribution in [1.29, 1.82) is 0 Å². The summed E-state index contributed by atoms with van der Waals surface area (Å²) in [6.45, 7) is 9.21.